The lowest BCUT2D eigenvalue weighted by atomic mass is 10.0. The summed E-state index contributed by atoms with van der Waals surface area (Å²) in [4.78, 5) is 7.02. The Bertz CT molecular complexity index is 891. The van der Waals surface area contributed by atoms with Gasteiger partial charge in [0.15, 0.2) is 5.96 Å². The summed E-state index contributed by atoms with van der Waals surface area (Å²) in [5.74, 6) is 1.77. The first kappa shape index (κ1) is 26.4. The molecule has 0 saturated carbocycles. The minimum atomic E-state index is 0. The topological polar surface area (TPSA) is 66.7 Å². The number of benzene rings is 1. The van der Waals surface area contributed by atoms with E-state index in [1.165, 1.54) is 29.7 Å². The highest BCUT2D eigenvalue weighted by Gasteiger charge is 2.26. The van der Waals surface area contributed by atoms with Crippen LogP contribution in [0.1, 0.15) is 48.3 Å². The van der Waals surface area contributed by atoms with Crippen LogP contribution < -0.4 is 15.4 Å². The van der Waals surface area contributed by atoms with Crippen molar-refractivity contribution >= 4 is 29.9 Å². The Labute approximate surface area is 210 Å². The van der Waals surface area contributed by atoms with Crippen LogP contribution in [0.4, 0.5) is 0 Å². The van der Waals surface area contributed by atoms with E-state index in [0.717, 1.165) is 43.5 Å². The maximum absolute atomic E-state index is 5.67. The fraction of sp³-hybridized carbons (Fsp3) is 0.583. The lowest BCUT2D eigenvalue weighted by Gasteiger charge is -2.30. The number of aliphatic imine (C=N–C) groups is 1. The van der Waals surface area contributed by atoms with Crippen molar-refractivity contribution in [1.82, 2.24) is 25.3 Å². The van der Waals surface area contributed by atoms with Crippen molar-refractivity contribution in [2.24, 2.45) is 12.0 Å². The Hall–Kier alpha value is -1.81. The second-order valence-electron chi connectivity index (χ2n) is 8.48. The summed E-state index contributed by atoms with van der Waals surface area (Å²) in [7, 11) is 5.58. The molecule has 2 atom stereocenters. The largest absolute Gasteiger partial charge is 0.496 e. The molecule has 1 aromatic carbocycles. The van der Waals surface area contributed by atoms with Crippen molar-refractivity contribution in [1.29, 1.82) is 0 Å². The number of guanidine groups is 1. The number of aromatic nitrogens is 2. The lowest BCUT2D eigenvalue weighted by Crippen LogP contribution is -2.46. The molecule has 8 heteroatoms. The highest BCUT2D eigenvalue weighted by atomic mass is 127. The Balaban J connectivity index is 0.00000363. The molecule has 0 amide bonds. The molecule has 0 bridgehead atoms. The molecule has 1 saturated heterocycles. The second kappa shape index (κ2) is 12.4. The third-order valence-corrected chi connectivity index (χ3v) is 6.32. The van der Waals surface area contributed by atoms with Crippen LogP contribution in [-0.4, -0.2) is 60.5 Å². The van der Waals surface area contributed by atoms with E-state index in [2.05, 4.69) is 58.5 Å². The van der Waals surface area contributed by atoms with E-state index in [9.17, 15) is 0 Å². The molecule has 2 unspecified atom stereocenters. The third-order valence-electron chi connectivity index (χ3n) is 6.32. The second-order valence-corrected chi connectivity index (χ2v) is 8.48. The average molecular weight is 555 g/mol. The van der Waals surface area contributed by atoms with E-state index in [4.69, 9.17) is 4.74 Å². The first-order valence-corrected chi connectivity index (χ1v) is 11.3. The van der Waals surface area contributed by atoms with Crippen LogP contribution in [0.25, 0.3) is 0 Å². The monoisotopic (exact) mass is 554 g/mol. The number of nitrogens with zero attached hydrogens (tertiary/aromatic N) is 4. The summed E-state index contributed by atoms with van der Waals surface area (Å²) in [5.41, 5.74) is 4.85. The smallest absolute Gasteiger partial charge is 0.191 e. The number of halogens is 1. The SMILES string of the molecule is CN=C(NCC(c1ccccc1OC)N1CCCC1)NC(C)Cc1c(C)nn(C)c1C.I. The minimum absolute atomic E-state index is 0. The van der Waals surface area contributed by atoms with Gasteiger partial charge in [0.05, 0.1) is 18.8 Å². The first-order valence-electron chi connectivity index (χ1n) is 11.3. The van der Waals surface area contributed by atoms with Gasteiger partial charge in [0.2, 0.25) is 0 Å². The van der Waals surface area contributed by atoms with Gasteiger partial charge in [-0.3, -0.25) is 14.6 Å². The fourth-order valence-corrected chi connectivity index (χ4v) is 4.52. The predicted molar refractivity (Wildman–Crippen MR) is 142 cm³/mol. The first-order chi connectivity index (χ1) is 14.9. The summed E-state index contributed by atoms with van der Waals surface area (Å²) < 4.78 is 7.62. The Morgan fingerprint density at radius 2 is 1.91 bits per heavy atom. The van der Waals surface area contributed by atoms with E-state index >= 15 is 0 Å². The van der Waals surface area contributed by atoms with E-state index < -0.39 is 0 Å². The van der Waals surface area contributed by atoms with Crippen molar-refractivity contribution in [3.63, 3.8) is 0 Å². The van der Waals surface area contributed by atoms with Gasteiger partial charge in [0.25, 0.3) is 0 Å². The maximum Gasteiger partial charge on any atom is 0.191 e. The third kappa shape index (κ3) is 6.37. The summed E-state index contributed by atoms with van der Waals surface area (Å²) in [6.45, 7) is 9.41. The van der Waals surface area contributed by atoms with Crippen molar-refractivity contribution < 1.29 is 4.74 Å². The number of rotatable bonds is 8. The van der Waals surface area contributed by atoms with Crippen LogP contribution in [0.2, 0.25) is 0 Å². The molecule has 0 radical (unpaired) electrons. The molecule has 178 valence electrons. The zero-order chi connectivity index (χ0) is 22.4. The normalized spacial score (nSPS) is 16.4. The maximum atomic E-state index is 5.67. The van der Waals surface area contributed by atoms with Crippen LogP contribution >= 0.6 is 24.0 Å². The summed E-state index contributed by atoms with van der Waals surface area (Å²) in [5, 5.41) is 11.7. The number of ether oxygens (including phenoxy) is 1. The van der Waals surface area contributed by atoms with Gasteiger partial charge in [-0.1, -0.05) is 18.2 Å². The quantitative estimate of drug-likeness (QED) is 0.297. The number of para-hydroxylation sites is 1. The van der Waals surface area contributed by atoms with Gasteiger partial charge in [-0.2, -0.15) is 5.10 Å². The van der Waals surface area contributed by atoms with E-state index in [0.29, 0.717) is 0 Å². The molecule has 1 aromatic heterocycles. The van der Waals surface area contributed by atoms with E-state index in [-0.39, 0.29) is 36.1 Å². The van der Waals surface area contributed by atoms with Crippen LogP contribution in [-0.2, 0) is 13.5 Å². The molecule has 2 N–H and O–H groups in total. The van der Waals surface area contributed by atoms with Crippen LogP contribution in [0.5, 0.6) is 5.75 Å². The van der Waals surface area contributed by atoms with Crippen molar-refractivity contribution in [3.05, 3.63) is 46.8 Å². The van der Waals surface area contributed by atoms with E-state index in [1.807, 2.05) is 30.9 Å². The van der Waals surface area contributed by atoms with E-state index in [1.54, 1.807) is 7.11 Å². The Morgan fingerprint density at radius 1 is 1.22 bits per heavy atom. The van der Waals surface area contributed by atoms with Crippen molar-refractivity contribution in [2.45, 2.75) is 52.1 Å². The van der Waals surface area contributed by atoms with Gasteiger partial charge in [-0.25, -0.2) is 0 Å². The standard InChI is InChI=1S/C24H38N6O.HI/c1-17(15-21-18(2)28-29(5)19(21)3)27-24(25-4)26-16-22(30-13-9-10-14-30)20-11-7-8-12-23(20)31-6;/h7-8,11-12,17,22H,9-10,13-16H2,1-6H3,(H2,25,26,27);1H. The number of methoxy groups -OCH3 is 1. The Kier molecular flexibility index (Phi) is 10.3. The summed E-state index contributed by atoms with van der Waals surface area (Å²) in [6.07, 6.45) is 3.41. The van der Waals surface area contributed by atoms with Gasteiger partial charge in [0.1, 0.15) is 5.75 Å². The van der Waals surface area contributed by atoms with Gasteiger partial charge < -0.3 is 15.4 Å². The predicted octanol–water partition coefficient (Wildman–Crippen LogP) is 3.60. The number of hydrogen-bond donors (Lipinski definition) is 2. The zero-order valence-electron chi connectivity index (χ0n) is 20.3. The number of hydrogen-bond acceptors (Lipinski definition) is 4. The Morgan fingerprint density at radius 3 is 2.50 bits per heavy atom. The molecule has 2 aromatic rings. The molecule has 32 heavy (non-hydrogen) atoms. The zero-order valence-corrected chi connectivity index (χ0v) is 22.6. The molecule has 2 heterocycles. The van der Waals surface area contributed by atoms with Crippen LogP contribution in [0.15, 0.2) is 29.3 Å². The molecule has 3 rings (SSSR count). The van der Waals surface area contributed by atoms with Crippen molar-refractivity contribution in [3.8, 4) is 5.75 Å². The summed E-state index contributed by atoms with van der Waals surface area (Å²) in [6, 6.07) is 8.83. The van der Waals surface area contributed by atoms with Crippen molar-refractivity contribution in [2.75, 3.05) is 33.8 Å². The minimum Gasteiger partial charge on any atom is -0.496 e. The molecule has 0 aliphatic carbocycles. The molecule has 0 spiro atoms. The van der Waals surface area contributed by atoms with Crippen LogP contribution in [0, 0.1) is 13.8 Å². The van der Waals surface area contributed by atoms with Crippen LogP contribution in [0.3, 0.4) is 0 Å². The molecular weight excluding hydrogens is 515 g/mol. The number of likely N-dealkylation sites (tertiary alicyclic amines) is 1. The summed E-state index contributed by atoms with van der Waals surface area (Å²) >= 11 is 0. The van der Waals surface area contributed by atoms with Gasteiger partial charge in [0, 0.05) is 37.9 Å². The molecule has 7 nitrogen and oxygen atoms in total. The highest BCUT2D eigenvalue weighted by Crippen LogP contribution is 2.31. The lowest BCUT2D eigenvalue weighted by molar-refractivity contribution is 0.239. The highest BCUT2D eigenvalue weighted by molar-refractivity contribution is 14.0. The molecule has 1 aliphatic rings. The molecule has 1 aliphatic heterocycles. The fourth-order valence-electron chi connectivity index (χ4n) is 4.52. The number of aryl methyl sites for hydroxylation is 2. The number of nitrogens with one attached hydrogen (secondary N) is 2. The molecule has 1 fully saturated rings. The molecular formula is C24H39IN6O. The van der Waals surface area contributed by atoms with Gasteiger partial charge in [-0.05, 0) is 64.8 Å². The average Bonchev–Trinajstić information content (AvgIpc) is 3.38. The van der Waals surface area contributed by atoms with Gasteiger partial charge in [-0.15, -0.1) is 24.0 Å². The van der Waals surface area contributed by atoms with Gasteiger partial charge >= 0.3 is 0 Å².